The molecule has 0 radical (unpaired) electrons. The van der Waals surface area contributed by atoms with Crippen LogP contribution in [0.5, 0.6) is 5.75 Å². The molecule has 0 spiro atoms. The molecule has 0 saturated carbocycles. The number of carbonyl (C=O) groups excluding carboxylic acids is 2. The van der Waals surface area contributed by atoms with Crippen LogP contribution in [-0.4, -0.2) is 25.0 Å². The number of hydrogen-bond donors (Lipinski definition) is 2. The van der Waals surface area contributed by atoms with Crippen molar-refractivity contribution in [2.45, 2.75) is 0 Å². The van der Waals surface area contributed by atoms with Crippen molar-refractivity contribution in [3.05, 3.63) is 65.2 Å². The number of carbonyl (C=O) groups is 2. The Kier molecular flexibility index (Phi) is 6.16. The highest BCUT2D eigenvalue weighted by Crippen LogP contribution is 2.16. The van der Waals surface area contributed by atoms with Crippen molar-refractivity contribution >= 4 is 11.8 Å². The first-order valence-electron chi connectivity index (χ1n) is 7.37. The second kappa shape index (κ2) is 8.76. The number of nitriles is 1. The Labute approximate surface area is 145 Å². The van der Waals surface area contributed by atoms with E-state index in [1.54, 1.807) is 42.5 Å². The molecule has 3 N–H and O–H groups in total. The van der Waals surface area contributed by atoms with Crippen LogP contribution < -0.4 is 15.8 Å². The van der Waals surface area contributed by atoms with Crippen molar-refractivity contribution in [1.29, 1.82) is 5.26 Å². The first-order chi connectivity index (χ1) is 12.1. The standard InChI is InChI=1S/C19H15N3O3/c20-13-14-6-5-7-15(12-14)19(24)22-10-3-4-11-25-17-9-2-1-8-16(17)18(21)23/h1-2,5-9,12H,10-11H2,(H2,21,23)(H,22,24). The maximum absolute atomic E-state index is 11.9. The molecule has 2 aromatic carbocycles. The van der Waals surface area contributed by atoms with Gasteiger partial charge in [-0.3, -0.25) is 9.59 Å². The van der Waals surface area contributed by atoms with Crippen LogP contribution in [0.3, 0.4) is 0 Å². The van der Waals surface area contributed by atoms with Crippen molar-refractivity contribution in [3.63, 3.8) is 0 Å². The van der Waals surface area contributed by atoms with E-state index in [2.05, 4.69) is 17.2 Å². The minimum atomic E-state index is -0.574. The molecule has 0 heterocycles. The molecule has 0 saturated heterocycles. The van der Waals surface area contributed by atoms with Crippen molar-refractivity contribution in [2.75, 3.05) is 13.2 Å². The molecule has 2 amide bonds. The molecule has 6 nitrogen and oxygen atoms in total. The summed E-state index contributed by atoms with van der Waals surface area (Å²) in [5, 5.41) is 11.4. The highest BCUT2D eigenvalue weighted by molar-refractivity contribution is 5.95. The molecule has 124 valence electrons. The van der Waals surface area contributed by atoms with E-state index in [-0.39, 0.29) is 24.6 Å². The van der Waals surface area contributed by atoms with Gasteiger partial charge in [-0.15, -0.1) is 0 Å². The van der Waals surface area contributed by atoms with Crippen molar-refractivity contribution in [1.82, 2.24) is 5.32 Å². The van der Waals surface area contributed by atoms with E-state index >= 15 is 0 Å². The molecule has 2 rings (SSSR count). The fourth-order valence-corrected chi connectivity index (χ4v) is 1.98. The Balaban J connectivity index is 1.83. The second-order valence-electron chi connectivity index (χ2n) is 4.88. The summed E-state index contributed by atoms with van der Waals surface area (Å²) in [4.78, 5) is 23.2. The summed E-state index contributed by atoms with van der Waals surface area (Å²) < 4.78 is 5.40. The van der Waals surface area contributed by atoms with E-state index in [1.165, 1.54) is 6.07 Å². The lowest BCUT2D eigenvalue weighted by atomic mass is 10.1. The maximum atomic E-state index is 11.9. The monoisotopic (exact) mass is 333 g/mol. The highest BCUT2D eigenvalue weighted by atomic mass is 16.5. The number of nitrogens with zero attached hydrogens (tertiary/aromatic N) is 1. The molecule has 0 aliphatic rings. The summed E-state index contributed by atoms with van der Waals surface area (Å²) >= 11 is 0. The number of nitrogens with one attached hydrogen (secondary N) is 1. The Morgan fingerprint density at radius 3 is 2.68 bits per heavy atom. The van der Waals surface area contributed by atoms with E-state index in [0.29, 0.717) is 16.9 Å². The lowest BCUT2D eigenvalue weighted by Crippen LogP contribution is -2.23. The predicted molar refractivity (Wildman–Crippen MR) is 91.7 cm³/mol. The zero-order chi connectivity index (χ0) is 18.1. The minimum Gasteiger partial charge on any atom is -0.480 e. The van der Waals surface area contributed by atoms with Crippen LogP contribution >= 0.6 is 0 Å². The number of benzene rings is 2. The molecular formula is C19H15N3O3. The lowest BCUT2D eigenvalue weighted by molar-refractivity contribution is 0.0956. The van der Waals surface area contributed by atoms with E-state index in [9.17, 15) is 9.59 Å². The molecule has 0 aliphatic heterocycles. The fourth-order valence-electron chi connectivity index (χ4n) is 1.98. The average molecular weight is 333 g/mol. The van der Waals surface area contributed by atoms with Gasteiger partial charge in [0.05, 0.1) is 23.7 Å². The van der Waals surface area contributed by atoms with Crippen LogP contribution in [0, 0.1) is 23.2 Å². The van der Waals surface area contributed by atoms with E-state index in [4.69, 9.17) is 15.7 Å². The number of hydrogen-bond acceptors (Lipinski definition) is 4. The highest BCUT2D eigenvalue weighted by Gasteiger charge is 2.07. The van der Waals surface area contributed by atoms with Crippen LogP contribution in [0.1, 0.15) is 26.3 Å². The summed E-state index contributed by atoms with van der Waals surface area (Å²) in [6, 6.07) is 15.0. The van der Waals surface area contributed by atoms with Gasteiger partial charge in [0.25, 0.3) is 11.8 Å². The van der Waals surface area contributed by atoms with E-state index < -0.39 is 5.91 Å². The third-order valence-electron chi connectivity index (χ3n) is 3.17. The smallest absolute Gasteiger partial charge is 0.252 e. The van der Waals surface area contributed by atoms with Crippen LogP contribution in [-0.2, 0) is 0 Å². The molecule has 0 bridgehead atoms. The van der Waals surface area contributed by atoms with Gasteiger partial charge in [0.15, 0.2) is 0 Å². The third-order valence-corrected chi connectivity index (χ3v) is 3.17. The molecule has 0 atom stereocenters. The number of amides is 2. The number of primary amides is 1. The molecule has 2 aromatic rings. The van der Waals surface area contributed by atoms with Gasteiger partial charge in [-0.1, -0.05) is 30.0 Å². The molecule has 0 unspecified atom stereocenters. The van der Waals surface area contributed by atoms with Gasteiger partial charge in [-0.2, -0.15) is 5.26 Å². The zero-order valence-corrected chi connectivity index (χ0v) is 13.3. The third kappa shape index (κ3) is 5.12. The Morgan fingerprint density at radius 2 is 1.92 bits per heavy atom. The van der Waals surface area contributed by atoms with Crippen molar-refractivity contribution < 1.29 is 14.3 Å². The number of rotatable bonds is 5. The Bertz CT molecular complexity index is 889. The summed E-state index contributed by atoms with van der Waals surface area (Å²) in [6.45, 7) is 0.195. The Morgan fingerprint density at radius 1 is 1.12 bits per heavy atom. The van der Waals surface area contributed by atoms with Gasteiger partial charge >= 0.3 is 0 Å². The Hall–Kier alpha value is -3.77. The summed E-state index contributed by atoms with van der Waals surface area (Å²) in [6.07, 6.45) is 0. The fraction of sp³-hybridized carbons (Fsp3) is 0.105. The first-order valence-corrected chi connectivity index (χ1v) is 7.37. The lowest BCUT2D eigenvalue weighted by Gasteiger charge is -2.05. The van der Waals surface area contributed by atoms with Crippen molar-refractivity contribution in [2.24, 2.45) is 5.73 Å². The van der Waals surface area contributed by atoms with E-state index in [1.807, 2.05) is 6.07 Å². The predicted octanol–water partition coefficient (Wildman–Crippen LogP) is 1.47. The number of para-hydroxylation sites is 1. The number of nitrogens with two attached hydrogens (primary N) is 1. The minimum absolute atomic E-state index is 0.0596. The SMILES string of the molecule is N#Cc1cccc(C(=O)NCC#CCOc2ccccc2C(N)=O)c1. The number of ether oxygens (including phenoxy) is 1. The van der Waals surface area contributed by atoms with Gasteiger partial charge in [-0.05, 0) is 30.3 Å². The topological polar surface area (TPSA) is 105 Å². The molecule has 25 heavy (non-hydrogen) atoms. The van der Waals surface area contributed by atoms with Crippen LogP contribution in [0.4, 0.5) is 0 Å². The molecule has 6 heteroatoms. The normalized spacial score (nSPS) is 9.24. The van der Waals surface area contributed by atoms with Gasteiger partial charge in [0.2, 0.25) is 0 Å². The molecule has 0 aliphatic carbocycles. The zero-order valence-electron chi connectivity index (χ0n) is 13.3. The largest absolute Gasteiger partial charge is 0.480 e. The van der Waals surface area contributed by atoms with Crippen molar-refractivity contribution in [3.8, 4) is 23.7 Å². The maximum Gasteiger partial charge on any atom is 0.252 e. The van der Waals surface area contributed by atoms with Crippen LogP contribution in [0.25, 0.3) is 0 Å². The van der Waals surface area contributed by atoms with Gasteiger partial charge in [-0.25, -0.2) is 0 Å². The van der Waals surface area contributed by atoms with Crippen LogP contribution in [0.15, 0.2) is 48.5 Å². The summed E-state index contributed by atoms with van der Waals surface area (Å²) in [5.41, 5.74) is 6.35. The van der Waals surface area contributed by atoms with Gasteiger partial charge in [0, 0.05) is 5.56 Å². The van der Waals surface area contributed by atoms with Gasteiger partial charge < -0.3 is 15.8 Å². The quantitative estimate of drug-likeness (QED) is 0.808. The molecule has 0 aromatic heterocycles. The van der Waals surface area contributed by atoms with Crippen LogP contribution in [0.2, 0.25) is 0 Å². The molecule has 0 fully saturated rings. The van der Waals surface area contributed by atoms with Gasteiger partial charge in [0.1, 0.15) is 12.4 Å². The summed E-state index contributed by atoms with van der Waals surface area (Å²) in [5.74, 6) is 4.96. The summed E-state index contributed by atoms with van der Waals surface area (Å²) in [7, 11) is 0. The first kappa shape index (κ1) is 17.6. The molecular weight excluding hydrogens is 318 g/mol. The average Bonchev–Trinajstić information content (AvgIpc) is 2.64. The second-order valence-corrected chi connectivity index (χ2v) is 4.88. The van der Waals surface area contributed by atoms with E-state index in [0.717, 1.165) is 0 Å².